The van der Waals surface area contributed by atoms with Gasteiger partial charge in [-0.05, 0) is 74.7 Å². The smallest absolute Gasteiger partial charge is 0.398 e. The summed E-state index contributed by atoms with van der Waals surface area (Å²) in [6.45, 7) is 3.44. The highest BCUT2D eigenvalue weighted by Gasteiger charge is 2.34. The lowest BCUT2D eigenvalue weighted by Crippen LogP contribution is -2.40. The first-order valence-electron chi connectivity index (χ1n) is 13.1. The third-order valence-corrected chi connectivity index (χ3v) is 7.31. The first-order valence-corrected chi connectivity index (χ1v) is 13.1. The second-order valence-corrected chi connectivity index (χ2v) is 10.2. The van der Waals surface area contributed by atoms with Crippen LogP contribution in [0.2, 0.25) is 0 Å². The first-order chi connectivity index (χ1) is 18.4. The Labute approximate surface area is 223 Å². The van der Waals surface area contributed by atoms with E-state index in [0.29, 0.717) is 43.7 Å². The van der Waals surface area contributed by atoms with Crippen LogP contribution in [0.5, 0.6) is 0 Å². The topological polar surface area (TPSA) is 73.6 Å². The zero-order valence-corrected chi connectivity index (χ0v) is 21.4. The van der Waals surface area contributed by atoms with E-state index in [1.165, 1.54) is 24.3 Å². The molecule has 39 heavy (non-hydrogen) atoms. The van der Waals surface area contributed by atoms with E-state index in [0.717, 1.165) is 50.7 Å². The molecule has 0 spiro atoms. The van der Waals surface area contributed by atoms with Crippen molar-refractivity contribution in [2.75, 3.05) is 49.1 Å². The van der Waals surface area contributed by atoms with E-state index in [1.54, 1.807) is 4.90 Å². The molecule has 2 aromatic carbocycles. The van der Waals surface area contributed by atoms with Gasteiger partial charge < -0.3 is 26.2 Å². The van der Waals surface area contributed by atoms with Gasteiger partial charge >= 0.3 is 12.4 Å². The molecule has 2 aliphatic heterocycles. The molecule has 2 heterocycles. The van der Waals surface area contributed by atoms with Gasteiger partial charge in [-0.1, -0.05) is 0 Å². The average molecular weight is 558 g/mol. The van der Waals surface area contributed by atoms with Crippen LogP contribution >= 0.6 is 0 Å². The van der Waals surface area contributed by atoms with Crippen LogP contribution in [0.1, 0.15) is 43.2 Å². The zero-order chi connectivity index (χ0) is 28.2. The molecule has 2 aliphatic rings. The summed E-state index contributed by atoms with van der Waals surface area (Å²) in [4.78, 5) is 16.7. The van der Waals surface area contributed by atoms with Crippen molar-refractivity contribution in [1.29, 1.82) is 0 Å². The predicted molar refractivity (Wildman–Crippen MR) is 138 cm³/mol. The van der Waals surface area contributed by atoms with Crippen LogP contribution in [0.25, 0.3) is 0 Å². The molecule has 1 amide bonds. The maximum atomic E-state index is 13.1. The van der Waals surface area contributed by atoms with Gasteiger partial charge in [0.15, 0.2) is 0 Å². The fourth-order valence-corrected chi connectivity index (χ4v) is 5.14. The number of nitrogens with one attached hydrogen (secondary N) is 2. The van der Waals surface area contributed by atoms with Crippen LogP contribution in [0.4, 0.5) is 43.4 Å². The Morgan fingerprint density at radius 3 is 2.10 bits per heavy atom. The molecule has 2 fully saturated rings. The van der Waals surface area contributed by atoms with Crippen molar-refractivity contribution in [2.45, 2.75) is 56.5 Å². The number of nitrogens with two attached hydrogens (primary N) is 1. The number of nitrogen functional groups attached to an aromatic ring is 1. The maximum Gasteiger partial charge on any atom is 0.418 e. The van der Waals surface area contributed by atoms with Gasteiger partial charge in [0.25, 0.3) is 0 Å². The Morgan fingerprint density at radius 1 is 0.846 bits per heavy atom. The van der Waals surface area contributed by atoms with Crippen LogP contribution in [-0.2, 0) is 17.1 Å². The molecule has 2 saturated heterocycles. The SMILES string of the molecule is Nc1ccc(N[C@H]2CCN(C(=O)CCCN3CCC(Nc4ccc(C(F)(F)F)cc4)CC3)C2)cc1C(F)(F)F. The Hall–Kier alpha value is -3.15. The molecule has 4 rings (SSSR count). The van der Waals surface area contributed by atoms with Gasteiger partial charge in [0, 0.05) is 61.7 Å². The molecule has 12 heteroatoms. The molecule has 2 aromatic rings. The molecule has 0 bridgehead atoms. The monoisotopic (exact) mass is 557 g/mol. The molecule has 4 N–H and O–H groups in total. The van der Waals surface area contributed by atoms with E-state index in [4.69, 9.17) is 5.73 Å². The van der Waals surface area contributed by atoms with Crippen molar-refractivity contribution >= 4 is 23.0 Å². The average Bonchev–Trinajstić information content (AvgIpc) is 3.34. The molecule has 0 radical (unpaired) electrons. The van der Waals surface area contributed by atoms with E-state index in [-0.39, 0.29) is 23.7 Å². The van der Waals surface area contributed by atoms with Crippen molar-refractivity contribution < 1.29 is 31.1 Å². The lowest BCUT2D eigenvalue weighted by atomic mass is 10.0. The minimum absolute atomic E-state index is 0.0337. The summed E-state index contributed by atoms with van der Waals surface area (Å²) in [5.41, 5.74) is 4.59. The number of amides is 1. The van der Waals surface area contributed by atoms with Gasteiger partial charge in [0.1, 0.15) is 0 Å². The lowest BCUT2D eigenvalue weighted by Gasteiger charge is -2.33. The Bertz CT molecular complexity index is 1110. The number of rotatable bonds is 8. The van der Waals surface area contributed by atoms with E-state index in [1.807, 2.05) is 0 Å². The fraction of sp³-hybridized carbons (Fsp3) is 0.519. The number of likely N-dealkylation sites (tertiary alicyclic amines) is 2. The van der Waals surface area contributed by atoms with Crippen molar-refractivity contribution in [2.24, 2.45) is 0 Å². The Kier molecular flexibility index (Phi) is 8.83. The van der Waals surface area contributed by atoms with Gasteiger partial charge in [-0.2, -0.15) is 26.3 Å². The highest BCUT2D eigenvalue weighted by atomic mass is 19.4. The Balaban J connectivity index is 1.14. The summed E-state index contributed by atoms with van der Waals surface area (Å²) < 4.78 is 77.5. The highest BCUT2D eigenvalue weighted by Crippen LogP contribution is 2.35. The number of hydrogen-bond acceptors (Lipinski definition) is 5. The summed E-state index contributed by atoms with van der Waals surface area (Å²) in [5.74, 6) is 0.0337. The number of alkyl halides is 6. The van der Waals surface area contributed by atoms with Crippen LogP contribution in [0.15, 0.2) is 42.5 Å². The lowest BCUT2D eigenvalue weighted by molar-refractivity contribution is -0.138. The third kappa shape index (κ3) is 7.93. The molecule has 0 unspecified atom stereocenters. The van der Waals surface area contributed by atoms with E-state index in [2.05, 4.69) is 15.5 Å². The number of benzene rings is 2. The standard InChI is InChI=1S/C27H33F6N5O/c28-26(29,30)18-3-5-19(6-4-18)35-20-9-13-37(14-10-20)12-1-2-25(39)38-15-11-22(17-38)36-21-7-8-24(34)23(16-21)27(31,32)33/h3-8,16,20,22,35-36H,1-2,9-15,17,34H2/t22-/m0/s1. The summed E-state index contributed by atoms with van der Waals surface area (Å²) >= 11 is 0. The van der Waals surface area contributed by atoms with E-state index in [9.17, 15) is 31.1 Å². The summed E-state index contributed by atoms with van der Waals surface area (Å²) in [6, 6.07) is 8.86. The van der Waals surface area contributed by atoms with Crippen molar-refractivity contribution in [1.82, 2.24) is 9.80 Å². The highest BCUT2D eigenvalue weighted by molar-refractivity contribution is 5.76. The molecule has 0 saturated carbocycles. The largest absolute Gasteiger partial charge is 0.418 e. The van der Waals surface area contributed by atoms with Gasteiger partial charge in [0.05, 0.1) is 11.1 Å². The quantitative estimate of drug-likeness (QED) is 0.288. The summed E-state index contributed by atoms with van der Waals surface area (Å²) in [7, 11) is 0. The molecule has 0 aromatic heterocycles. The number of hydrogen-bond donors (Lipinski definition) is 3. The molecule has 1 atom stereocenters. The van der Waals surface area contributed by atoms with Gasteiger partial charge in [0.2, 0.25) is 5.91 Å². The van der Waals surface area contributed by atoms with Crippen LogP contribution < -0.4 is 16.4 Å². The zero-order valence-electron chi connectivity index (χ0n) is 21.4. The number of carbonyl (C=O) groups is 1. The number of nitrogens with zero attached hydrogens (tertiary/aromatic N) is 2. The fourth-order valence-electron chi connectivity index (χ4n) is 5.14. The normalized spacial score (nSPS) is 19.3. The van der Waals surface area contributed by atoms with Crippen molar-refractivity contribution in [3.05, 3.63) is 53.6 Å². The number of carbonyl (C=O) groups excluding carboxylic acids is 1. The molecule has 214 valence electrons. The molecule has 0 aliphatic carbocycles. The second-order valence-electron chi connectivity index (χ2n) is 10.2. The predicted octanol–water partition coefficient (Wildman–Crippen LogP) is 5.68. The summed E-state index contributed by atoms with van der Waals surface area (Å²) in [6.07, 6.45) is -5.41. The van der Waals surface area contributed by atoms with Crippen LogP contribution in [0.3, 0.4) is 0 Å². The van der Waals surface area contributed by atoms with Crippen LogP contribution in [0, 0.1) is 0 Å². The number of piperidine rings is 1. The van der Waals surface area contributed by atoms with Gasteiger partial charge in [-0.3, -0.25) is 4.79 Å². The maximum absolute atomic E-state index is 13.1. The number of anilines is 3. The van der Waals surface area contributed by atoms with Gasteiger partial charge in [-0.15, -0.1) is 0 Å². The van der Waals surface area contributed by atoms with E-state index < -0.39 is 23.5 Å². The summed E-state index contributed by atoms with van der Waals surface area (Å²) in [5, 5.41) is 6.39. The molecule has 6 nitrogen and oxygen atoms in total. The third-order valence-electron chi connectivity index (χ3n) is 7.31. The second kappa shape index (κ2) is 11.9. The van der Waals surface area contributed by atoms with E-state index >= 15 is 0 Å². The minimum atomic E-state index is -4.53. The van der Waals surface area contributed by atoms with Crippen molar-refractivity contribution in [3.63, 3.8) is 0 Å². The van der Waals surface area contributed by atoms with Gasteiger partial charge in [-0.25, -0.2) is 0 Å². The minimum Gasteiger partial charge on any atom is -0.398 e. The number of halogens is 6. The van der Waals surface area contributed by atoms with Crippen LogP contribution in [-0.4, -0.2) is 60.5 Å². The Morgan fingerprint density at radius 2 is 1.46 bits per heavy atom. The molecular formula is C27H33F6N5O. The molecular weight excluding hydrogens is 524 g/mol. The van der Waals surface area contributed by atoms with Crippen molar-refractivity contribution in [3.8, 4) is 0 Å². The first kappa shape index (κ1) is 28.8.